The molecule has 0 spiro atoms. The van der Waals surface area contributed by atoms with Crippen LogP contribution in [0.5, 0.6) is 5.75 Å². The fraction of sp³-hybridized carbons (Fsp3) is 0.265. The van der Waals surface area contributed by atoms with Gasteiger partial charge in [-0.2, -0.15) is 12.6 Å². The van der Waals surface area contributed by atoms with Crippen LogP contribution in [0.3, 0.4) is 0 Å². The van der Waals surface area contributed by atoms with Gasteiger partial charge in [0.1, 0.15) is 17.8 Å². The van der Waals surface area contributed by atoms with Gasteiger partial charge >= 0.3 is 0 Å². The molecule has 5 N–H and O–H groups in total. The van der Waals surface area contributed by atoms with E-state index in [0.29, 0.717) is 54.5 Å². The summed E-state index contributed by atoms with van der Waals surface area (Å²) >= 11 is 10.5. The lowest BCUT2D eigenvalue weighted by Crippen LogP contribution is -2.41. The molecule has 0 saturated carbocycles. The zero-order valence-electron chi connectivity index (χ0n) is 24.3. The van der Waals surface area contributed by atoms with E-state index in [1.54, 1.807) is 11.0 Å². The van der Waals surface area contributed by atoms with Crippen LogP contribution in [0.15, 0.2) is 66.7 Å². The number of halogens is 1. The van der Waals surface area contributed by atoms with E-state index in [1.165, 1.54) is 0 Å². The molecule has 230 valence electrons. The molecule has 7 rings (SSSR count). The maximum absolute atomic E-state index is 13.9. The highest BCUT2D eigenvalue weighted by Crippen LogP contribution is 2.46. The summed E-state index contributed by atoms with van der Waals surface area (Å²) in [6, 6.07) is 19.6. The minimum atomic E-state index is -0.491. The van der Waals surface area contributed by atoms with Crippen molar-refractivity contribution in [2.24, 2.45) is 0 Å². The Bertz CT molecular complexity index is 1870. The molecule has 3 aliphatic rings. The van der Waals surface area contributed by atoms with Gasteiger partial charge in [0.25, 0.3) is 0 Å². The molecule has 3 amide bonds. The Morgan fingerprint density at radius 2 is 1.53 bits per heavy atom. The molecule has 4 aromatic carbocycles. The summed E-state index contributed by atoms with van der Waals surface area (Å²) in [5.74, 6) is 0.575. The highest BCUT2D eigenvalue weighted by atomic mass is 35.5. The minimum Gasteiger partial charge on any atom is -0.507 e. The van der Waals surface area contributed by atoms with E-state index in [0.717, 1.165) is 38.8 Å². The minimum absolute atomic E-state index is 0.0412. The molecule has 0 aromatic heterocycles. The molecule has 3 aliphatic heterocycles. The topological polar surface area (TPSA) is 123 Å². The number of amides is 3. The maximum atomic E-state index is 13.9. The van der Waals surface area contributed by atoms with Crippen LogP contribution in [0.25, 0.3) is 10.8 Å². The molecule has 0 fully saturated rings. The zero-order valence-corrected chi connectivity index (χ0v) is 25.9. The first-order valence-corrected chi connectivity index (χ1v) is 16.1. The Kier molecular flexibility index (Phi) is 7.71. The van der Waals surface area contributed by atoms with Crippen molar-refractivity contribution in [3.8, 4) is 5.75 Å². The number of hydrogen-bond acceptors (Lipinski definition) is 7. The van der Waals surface area contributed by atoms with Gasteiger partial charge in [-0.1, -0.05) is 24.3 Å². The maximum Gasteiger partial charge on any atom is 0.249 e. The standard InChI is InChI=1S/C34H32ClN5O4S/c35-16-20-17-40(29-15-30(41)23-3-1-2-4-24(23)32(20)29)34(44)28-14-19-12-22(6-8-26(19)39-28)37-33(43)27-13-18-11-21(5-7-25(18)38-27)36-31(42)9-10-45/h1-8,11-12,15,20,27-28,38-39,41,45H,9-10,13-14,16-17H2,(H,36,42)(H,37,43). The number of alkyl halides is 1. The Hall–Kier alpha value is -4.41. The van der Waals surface area contributed by atoms with Crippen LogP contribution in [0, 0.1) is 0 Å². The van der Waals surface area contributed by atoms with Gasteiger partial charge in [-0.05, 0) is 64.2 Å². The number of phenolic OH excluding ortho intramolecular Hbond substituents is 1. The molecular weight excluding hydrogens is 610 g/mol. The third-order valence-electron chi connectivity index (χ3n) is 8.82. The van der Waals surface area contributed by atoms with Gasteiger partial charge in [0.05, 0.1) is 5.69 Å². The predicted octanol–water partition coefficient (Wildman–Crippen LogP) is 5.48. The summed E-state index contributed by atoms with van der Waals surface area (Å²) in [5, 5.41) is 24.9. The summed E-state index contributed by atoms with van der Waals surface area (Å²) in [6.07, 6.45) is 1.28. The second kappa shape index (κ2) is 11.8. The average Bonchev–Trinajstić information content (AvgIpc) is 3.75. The number of nitrogens with one attached hydrogen (secondary N) is 4. The number of phenols is 1. The van der Waals surface area contributed by atoms with Crippen LogP contribution in [0.4, 0.5) is 28.4 Å². The number of thiol groups is 1. The van der Waals surface area contributed by atoms with E-state index < -0.39 is 12.1 Å². The number of nitrogens with zero attached hydrogens (tertiary/aromatic N) is 1. The van der Waals surface area contributed by atoms with E-state index in [4.69, 9.17) is 11.6 Å². The number of fused-ring (bicyclic) bond motifs is 5. The van der Waals surface area contributed by atoms with Crippen LogP contribution in [-0.2, 0) is 27.2 Å². The second-order valence-electron chi connectivity index (χ2n) is 11.7. The highest BCUT2D eigenvalue weighted by molar-refractivity contribution is 7.80. The van der Waals surface area contributed by atoms with E-state index >= 15 is 0 Å². The highest BCUT2D eigenvalue weighted by Gasteiger charge is 2.39. The average molecular weight is 642 g/mol. The number of benzene rings is 4. The summed E-state index contributed by atoms with van der Waals surface area (Å²) in [7, 11) is 0. The van der Waals surface area contributed by atoms with E-state index in [-0.39, 0.29) is 29.4 Å². The second-order valence-corrected chi connectivity index (χ2v) is 12.5. The number of carbonyl (C=O) groups is 3. The lowest BCUT2D eigenvalue weighted by atomic mass is 9.95. The Morgan fingerprint density at radius 3 is 2.22 bits per heavy atom. The fourth-order valence-corrected chi connectivity index (χ4v) is 7.15. The molecule has 0 radical (unpaired) electrons. The SMILES string of the molecule is O=C(CCS)Nc1ccc2c(c1)CC(C(=O)Nc1ccc3c(c1)CC(C(=O)N1CC(CCl)c4c1cc(O)c1ccccc41)N3)N2. The lowest BCUT2D eigenvalue weighted by Gasteiger charge is -2.22. The first-order chi connectivity index (χ1) is 21.8. The van der Waals surface area contributed by atoms with Crippen molar-refractivity contribution >= 4 is 81.2 Å². The smallest absolute Gasteiger partial charge is 0.249 e. The van der Waals surface area contributed by atoms with Crippen molar-refractivity contribution in [2.75, 3.05) is 44.3 Å². The van der Waals surface area contributed by atoms with Crippen LogP contribution in [0.1, 0.15) is 29.0 Å². The molecule has 4 aromatic rings. The summed E-state index contributed by atoms with van der Waals surface area (Å²) in [5.41, 5.74) is 6.64. The molecule has 3 unspecified atom stereocenters. The number of anilines is 5. The van der Waals surface area contributed by atoms with Crippen molar-refractivity contribution < 1.29 is 19.5 Å². The Balaban J connectivity index is 1.02. The van der Waals surface area contributed by atoms with Crippen LogP contribution in [-0.4, -0.2) is 53.1 Å². The Morgan fingerprint density at radius 1 is 0.889 bits per heavy atom. The first-order valence-electron chi connectivity index (χ1n) is 15.0. The van der Waals surface area contributed by atoms with Crippen LogP contribution >= 0.6 is 24.2 Å². The van der Waals surface area contributed by atoms with E-state index in [1.807, 2.05) is 60.7 Å². The van der Waals surface area contributed by atoms with E-state index in [9.17, 15) is 19.5 Å². The van der Waals surface area contributed by atoms with Gasteiger partial charge in [0.2, 0.25) is 17.7 Å². The molecule has 3 heterocycles. The quantitative estimate of drug-likeness (QED) is 0.117. The van der Waals surface area contributed by atoms with Gasteiger partial charge in [0, 0.05) is 71.8 Å². The van der Waals surface area contributed by atoms with Crippen LogP contribution in [0.2, 0.25) is 0 Å². The predicted molar refractivity (Wildman–Crippen MR) is 182 cm³/mol. The van der Waals surface area contributed by atoms with Gasteiger partial charge in [-0.15, -0.1) is 11.6 Å². The zero-order chi connectivity index (χ0) is 31.2. The van der Waals surface area contributed by atoms with E-state index in [2.05, 4.69) is 33.9 Å². The third kappa shape index (κ3) is 5.42. The largest absolute Gasteiger partial charge is 0.507 e. The summed E-state index contributed by atoms with van der Waals surface area (Å²) in [6.45, 7) is 0.446. The Labute approximate surface area is 270 Å². The third-order valence-corrected chi connectivity index (χ3v) is 9.42. The van der Waals surface area contributed by atoms with Gasteiger partial charge in [0.15, 0.2) is 0 Å². The van der Waals surface area contributed by atoms with Crippen molar-refractivity contribution in [3.63, 3.8) is 0 Å². The van der Waals surface area contributed by atoms with Gasteiger partial charge in [-0.25, -0.2) is 0 Å². The van der Waals surface area contributed by atoms with Gasteiger partial charge < -0.3 is 31.3 Å². The van der Waals surface area contributed by atoms with Crippen molar-refractivity contribution in [1.29, 1.82) is 0 Å². The van der Waals surface area contributed by atoms with Crippen molar-refractivity contribution in [1.82, 2.24) is 0 Å². The first kappa shape index (κ1) is 29.3. The molecule has 9 nitrogen and oxygen atoms in total. The molecule has 3 atom stereocenters. The number of aromatic hydroxyl groups is 1. The molecule has 0 saturated heterocycles. The van der Waals surface area contributed by atoms with Gasteiger partial charge in [-0.3, -0.25) is 14.4 Å². The summed E-state index contributed by atoms with van der Waals surface area (Å²) < 4.78 is 0. The molecule has 0 bridgehead atoms. The summed E-state index contributed by atoms with van der Waals surface area (Å²) in [4.78, 5) is 40.8. The molecule has 11 heteroatoms. The number of hydrogen-bond donors (Lipinski definition) is 6. The molecule has 0 aliphatic carbocycles. The monoisotopic (exact) mass is 641 g/mol. The number of carbonyl (C=O) groups excluding carboxylic acids is 3. The normalized spacial score (nSPS) is 19.3. The number of rotatable bonds is 7. The van der Waals surface area contributed by atoms with Crippen molar-refractivity contribution in [2.45, 2.75) is 37.3 Å². The fourth-order valence-electron chi connectivity index (χ4n) is 6.69. The molecular formula is C34H32ClN5O4S. The molecule has 45 heavy (non-hydrogen) atoms. The van der Waals surface area contributed by atoms with Crippen LogP contribution < -0.4 is 26.2 Å². The lowest BCUT2D eigenvalue weighted by molar-refractivity contribution is -0.119. The van der Waals surface area contributed by atoms with Crippen molar-refractivity contribution in [3.05, 3.63) is 83.4 Å².